The second kappa shape index (κ2) is 7.17. The first-order chi connectivity index (χ1) is 9.02. The third kappa shape index (κ3) is 5.21. The highest BCUT2D eigenvalue weighted by Gasteiger charge is 2.07. The minimum atomic E-state index is -1.06. The van der Waals surface area contributed by atoms with Crippen molar-refractivity contribution in [1.82, 2.24) is 5.43 Å². The maximum Gasteiger partial charge on any atom is 0.341 e. The SMILES string of the molecule is COc1cc(/C=N\NC(N)=S)ccc1OCC(=O)O. The lowest BCUT2D eigenvalue weighted by atomic mass is 10.2. The van der Waals surface area contributed by atoms with Crippen LogP contribution in [0.5, 0.6) is 11.5 Å². The third-order valence-electron chi connectivity index (χ3n) is 1.93. The van der Waals surface area contributed by atoms with Crippen LogP contribution in [0.25, 0.3) is 0 Å². The average Bonchev–Trinajstić information content (AvgIpc) is 2.36. The number of ether oxygens (including phenoxy) is 2. The number of hydrogen-bond donors (Lipinski definition) is 3. The largest absolute Gasteiger partial charge is 0.493 e. The zero-order valence-electron chi connectivity index (χ0n) is 10.1. The van der Waals surface area contributed by atoms with E-state index in [1.165, 1.54) is 13.3 Å². The molecule has 0 aromatic heterocycles. The molecule has 8 heteroatoms. The van der Waals surface area contributed by atoms with Gasteiger partial charge in [-0.25, -0.2) is 4.79 Å². The number of carboxylic acids is 1. The van der Waals surface area contributed by atoms with Crippen molar-refractivity contribution in [2.24, 2.45) is 10.8 Å². The number of hydrogen-bond acceptors (Lipinski definition) is 5. The molecule has 0 bridgehead atoms. The maximum atomic E-state index is 10.4. The number of hydrazone groups is 1. The lowest BCUT2D eigenvalue weighted by Gasteiger charge is -2.09. The van der Waals surface area contributed by atoms with E-state index < -0.39 is 12.6 Å². The molecule has 0 heterocycles. The van der Waals surface area contributed by atoms with Crippen LogP contribution < -0.4 is 20.6 Å². The molecular weight excluding hydrogens is 270 g/mol. The van der Waals surface area contributed by atoms with Crippen molar-refractivity contribution < 1.29 is 19.4 Å². The number of methoxy groups -OCH3 is 1. The van der Waals surface area contributed by atoms with Crippen LogP contribution in [0.4, 0.5) is 0 Å². The van der Waals surface area contributed by atoms with Crippen LogP contribution in [0.1, 0.15) is 5.56 Å². The highest BCUT2D eigenvalue weighted by Crippen LogP contribution is 2.27. The lowest BCUT2D eigenvalue weighted by Crippen LogP contribution is -2.23. The number of nitrogens with two attached hydrogens (primary N) is 1. The molecule has 0 radical (unpaired) electrons. The van der Waals surface area contributed by atoms with Crippen molar-refractivity contribution in [2.75, 3.05) is 13.7 Å². The summed E-state index contributed by atoms with van der Waals surface area (Å²) in [5, 5.41) is 12.4. The van der Waals surface area contributed by atoms with Gasteiger partial charge >= 0.3 is 5.97 Å². The summed E-state index contributed by atoms with van der Waals surface area (Å²) < 4.78 is 10.2. The molecule has 0 saturated heterocycles. The molecule has 19 heavy (non-hydrogen) atoms. The summed E-state index contributed by atoms with van der Waals surface area (Å²) >= 11 is 4.59. The third-order valence-corrected chi connectivity index (χ3v) is 2.02. The molecule has 4 N–H and O–H groups in total. The molecule has 0 fully saturated rings. The van der Waals surface area contributed by atoms with Crippen molar-refractivity contribution >= 4 is 29.5 Å². The Kier molecular flexibility index (Phi) is 5.55. The number of carbonyl (C=O) groups is 1. The van der Waals surface area contributed by atoms with Crippen molar-refractivity contribution in [1.29, 1.82) is 0 Å². The number of rotatable bonds is 6. The minimum absolute atomic E-state index is 0.0598. The Morgan fingerprint density at radius 3 is 2.89 bits per heavy atom. The Labute approximate surface area is 115 Å². The van der Waals surface area contributed by atoms with Gasteiger partial charge in [-0.3, -0.25) is 5.43 Å². The minimum Gasteiger partial charge on any atom is -0.493 e. The molecule has 0 amide bonds. The normalized spacial score (nSPS) is 10.2. The van der Waals surface area contributed by atoms with Crippen LogP contribution >= 0.6 is 12.2 Å². The summed E-state index contributed by atoms with van der Waals surface area (Å²) in [4.78, 5) is 10.4. The monoisotopic (exact) mass is 283 g/mol. The number of nitrogens with one attached hydrogen (secondary N) is 1. The Hall–Kier alpha value is -2.35. The van der Waals surface area contributed by atoms with E-state index in [0.717, 1.165) is 0 Å². The first kappa shape index (κ1) is 14.7. The second-order valence-corrected chi connectivity index (χ2v) is 3.77. The van der Waals surface area contributed by atoms with Gasteiger partial charge in [0.05, 0.1) is 13.3 Å². The van der Waals surface area contributed by atoms with E-state index in [0.29, 0.717) is 17.1 Å². The summed E-state index contributed by atoms with van der Waals surface area (Å²) in [6.45, 7) is -0.438. The Bertz CT molecular complexity index is 505. The molecule has 102 valence electrons. The first-order valence-corrected chi connectivity index (χ1v) is 5.55. The molecular formula is C11H13N3O4S. The fourth-order valence-electron chi connectivity index (χ4n) is 1.19. The van der Waals surface area contributed by atoms with E-state index in [1.54, 1.807) is 18.2 Å². The van der Waals surface area contributed by atoms with Crippen molar-refractivity contribution in [2.45, 2.75) is 0 Å². The van der Waals surface area contributed by atoms with Gasteiger partial charge in [0.1, 0.15) is 0 Å². The molecule has 0 spiro atoms. The quantitative estimate of drug-likeness (QED) is 0.392. The van der Waals surface area contributed by atoms with Gasteiger partial charge in [0, 0.05) is 0 Å². The molecule has 7 nitrogen and oxygen atoms in total. The van der Waals surface area contributed by atoms with Crippen molar-refractivity contribution in [3.8, 4) is 11.5 Å². The molecule has 0 saturated carbocycles. The standard InChI is InChI=1S/C11H13N3O4S/c1-17-9-4-7(5-13-14-11(12)19)2-3-8(9)18-6-10(15)16/h2-5H,6H2,1H3,(H,15,16)(H3,12,14,19)/b13-5-. The zero-order valence-corrected chi connectivity index (χ0v) is 10.9. The molecule has 0 atom stereocenters. The van der Waals surface area contributed by atoms with Gasteiger partial charge in [-0.1, -0.05) is 0 Å². The molecule has 0 unspecified atom stereocenters. The molecule has 0 aliphatic carbocycles. The van der Waals surface area contributed by atoms with Crippen LogP contribution in [-0.4, -0.2) is 36.1 Å². The predicted octanol–water partition coefficient (Wildman–Crippen LogP) is 0.326. The van der Waals surface area contributed by atoms with Crippen LogP contribution in [0.15, 0.2) is 23.3 Å². The Balaban J connectivity index is 2.80. The van der Waals surface area contributed by atoms with Crippen LogP contribution in [0.3, 0.4) is 0 Å². The first-order valence-electron chi connectivity index (χ1n) is 5.14. The Morgan fingerprint density at radius 2 is 2.32 bits per heavy atom. The maximum absolute atomic E-state index is 10.4. The van der Waals surface area contributed by atoms with Gasteiger partial charge in [-0.05, 0) is 36.0 Å². The topological polar surface area (TPSA) is 106 Å². The van der Waals surface area contributed by atoms with Gasteiger partial charge in [-0.2, -0.15) is 5.10 Å². The molecule has 0 aliphatic heterocycles. The summed E-state index contributed by atoms with van der Waals surface area (Å²) in [6, 6.07) is 4.91. The summed E-state index contributed by atoms with van der Waals surface area (Å²) in [5.41, 5.74) is 8.34. The van der Waals surface area contributed by atoms with Gasteiger partial charge in [0.15, 0.2) is 23.2 Å². The number of thiocarbonyl (C=S) groups is 1. The highest BCUT2D eigenvalue weighted by molar-refractivity contribution is 7.80. The fourth-order valence-corrected chi connectivity index (χ4v) is 1.25. The van der Waals surface area contributed by atoms with E-state index in [2.05, 4.69) is 22.7 Å². The van der Waals surface area contributed by atoms with Crippen LogP contribution in [-0.2, 0) is 4.79 Å². The number of benzene rings is 1. The van der Waals surface area contributed by atoms with Crippen LogP contribution in [0, 0.1) is 0 Å². The number of carboxylic acid groups (broad SMARTS) is 1. The smallest absolute Gasteiger partial charge is 0.341 e. The van der Waals surface area contributed by atoms with Gasteiger partial charge in [0.25, 0.3) is 0 Å². The molecule has 1 aromatic rings. The summed E-state index contributed by atoms with van der Waals surface area (Å²) in [6.07, 6.45) is 1.49. The van der Waals surface area contributed by atoms with Gasteiger partial charge in [-0.15, -0.1) is 0 Å². The zero-order chi connectivity index (χ0) is 14.3. The molecule has 1 aromatic carbocycles. The van der Waals surface area contributed by atoms with E-state index >= 15 is 0 Å². The van der Waals surface area contributed by atoms with E-state index in [9.17, 15) is 4.79 Å². The Morgan fingerprint density at radius 1 is 1.58 bits per heavy atom. The summed E-state index contributed by atoms with van der Waals surface area (Å²) in [5.74, 6) is -0.321. The van der Waals surface area contributed by atoms with Crippen molar-refractivity contribution in [3.05, 3.63) is 23.8 Å². The predicted molar refractivity (Wildman–Crippen MR) is 73.6 cm³/mol. The average molecular weight is 283 g/mol. The number of aliphatic carboxylic acids is 1. The second-order valence-electron chi connectivity index (χ2n) is 3.33. The lowest BCUT2D eigenvalue weighted by molar-refractivity contribution is -0.139. The van der Waals surface area contributed by atoms with E-state index in [1.807, 2.05) is 0 Å². The number of nitrogens with zero attached hydrogens (tertiary/aromatic N) is 1. The van der Waals surface area contributed by atoms with E-state index in [-0.39, 0.29) is 5.11 Å². The van der Waals surface area contributed by atoms with Gasteiger partial charge in [0.2, 0.25) is 0 Å². The molecule has 0 aliphatic rings. The highest BCUT2D eigenvalue weighted by atomic mass is 32.1. The summed E-state index contributed by atoms with van der Waals surface area (Å²) in [7, 11) is 1.46. The fraction of sp³-hybridized carbons (Fsp3) is 0.182. The van der Waals surface area contributed by atoms with Crippen molar-refractivity contribution in [3.63, 3.8) is 0 Å². The van der Waals surface area contributed by atoms with Crippen LogP contribution in [0.2, 0.25) is 0 Å². The molecule has 1 rings (SSSR count). The van der Waals surface area contributed by atoms with E-state index in [4.69, 9.17) is 20.3 Å². The van der Waals surface area contributed by atoms with Gasteiger partial charge < -0.3 is 20.3 Å².